The fourth-order valence-electron chi connectivity index (χ4n) is 2.67. The van der Waals surface area contributed by atoms with E-state index in [1.165, 1.54) is 12.1 Å². The maximum atomic E-state index is 13.3. The summed E-state index contributed by atoms with van der Waals surface area (Å²) in [5.41, 5.74) is 0.232. The molecule has 0 aromatic heterocycles. The second-order valence-electron chi connectivity index (χ2n) is 5.73. The number of halogens is 3. The highest BCUT2D eigenvalue weighted by Gasteiger charge is 2.38. The third-order valence-electron chi connectivity index (χ3n) is 3.73. The first-order valence-electron chi connectivity index (χ1n) is 7.21. The van der Waals surface area contributed by atoms with Crippen molar-refractivity contribution in [3.63, 3.8) is 0 Å². The summed E-state index contributed by atoms with van der Waals surface area (Å²) in [5, 5.41) is 9.38. The number of carboxylic acids is 1. The number of benzene rings is 2. The summed E-state index contributed by atoms with van der Waals surface area (Å²) in [4.78, 5) is 11.5. The van der Waals surface area contributed by atoms with E-state index >= 15 is 0 Å². The van der Waals surface area contributed by atoms with Gasteiger partial charge in [0.25, 0.3) is 0 Å². The maximum absolute atomic E-state index is 13.3. The molecule has 23 heavy (non-hydrogen) atoms. The number of hydrogen-bond acceptors (Lipinski definition) is 1. The van der Waals surface area contributed by atoms with Crippen LogP contribution >= 0.6 is 0 Å². The second-order valence-corrected chi connectivity index (χ2v) is 5.73. The van der Waals surface area contributed by atoms with Crippen molar-refractivity contribution in [2.75, 3.05) is 0 Å². The lowest BCUT2D eigenvalue weighted by molar-refractivity contribution is -0.142. The molecule has 1 atom stereocenters. The highest BCUT2D eigenvalue weighted by Crippen LogP contribution is 2.39. The number of hydrogen-bond donors (Lipinski definition) is 1. The van der Waals surface area contributed by atoms with Crippen molar-refractivity contribution in [3.8, 4) is 11.1 Å². The minimum absolute atomic E-state index is 0.193. The van der Waals surface area contributed by atoms with Crippen LogP contribution in [-0.2, 0) is 11.0 Å². The fraction of sp³-hybridized carbons (Fsp3) is 0.278. The van der Waals surface area contributed by atoms with Crippen LogP contribution < -0.4 is 0 Å². The monoisotopic (exact) mass is 322 g/mol. The van der Waals surface area contributed by atoms with Gasteiger partial charge in [-0.2, -0.15) is 13.2 Å². The van der Waals surface area contributed by atoms with E-state index in [0.717, 1.165) is 11.6 Å². The summed E-state index contributed by atoms with van der Waals surface area (Å²) in [6.07, 6.45) is -4.59. The van der Waals surface area contributed by atoms with Crippen molar-refractivity contribution >= 4 is 5.97 Å². The van der Waals surface area contributed by atoms with Crippen LogP contribution in [0.5, 0.6) is 0 Å². The molecule has 0 aliphatic rings. The Bertz CT molecular complexity index is 691. The topological polar surface area (TPSA) is 37.3 Å². The Morgan fingerprint density at radius 3 is 2.09 bits per heavy atom. The Hall–Kier alpha value is -2.30. The molecule has 0 aliphatic carbocycles. The molecule has 2 nitrogen and oxygen atoms in total. The van der Waals surface area contributed by atoms with Crippen molar-refractivity contribution in [2.45, 2.75) is 25.9 Å². The smallest absolute Gasteiger partial charge is 0.416 e. The van der Waals surface area contributed by atoms with Crippen molar-refractivity contribution in [1.29, 1.82) is 0 Å². The average molecular weight is 322 g/mol. The molecule has 1 N–H and O–H groups in total. The molecule has 0 bridgehead atoms. The van der Waals surface area contributed by atoms with Crippen molar-refractivity contribution in [3.05, 3.63) is 59.7 Å². The Morgan fingerprint density at radius 2 is 1.61 bits per heavy atom. The molecule has 0 amide bonds. The summed E-state index contributed by atoms with van der Waals surface area (Å²) in [6, 6.07) is 12.6. The third-order valence-corrected chi connectivity index (χ3v) is 3.73. The molecule has 1 unspecified atom stereocenters. The van der Waals surface area contributed by atoms with Gasteiger partial charge >= 0.3 is 12.1 Å². The largest absolute Gasteiger partial charge is 0.481 e. The fourth-order valence-corrected chi connectivity index (χ4v) is 2.67. The van der Waals surface area contributed by atoms with Crippen LogP contribution in [0.2, 0.25) is 0 Å². The van der Waals surface area contributed by atoms with Crippen LogP contribution in [0.25, 0.3) is 11.1 Å². The van der Waals surface area contributed by atoms with Gasteiger partial charge in [0.15, 0.2) is 0 Å². The molecule has 0 heterocycles. The predicted molar refractivity (Wildman–Crippen MR) is 82.1 cm³/mol. The van der Waals surface area contributed by atoms with Crippen LogP contribution in [0.3, 0.4) is 0 Å². The Morgan fingerprint density at radius 1 is 1.00 bits per heavy atom. The molecule has 0 radical (unpaired) electrons. The van der Waals surface area contributed by atoms with Gasteiger partial charge in [-0.25, -0.2) is 0 Å². The first-order chi connectivity index (χ1) is 10.7. The van der Waals surface area contributed by atoms with E-state index in [2.05, 4.69) is 0 Å². The van der Waals surface area contributed by atoms with Crippen molar-refractivity contribution in [2.24, 2.45) is 5.92 Å². The average Bonchev–Trinajstić information content (AvgIpc) is 2.46. The number of rotatable bonds is 4. The number of alkyl halides is 3. The summed E-state index contributed by atoms with van der Waals surface area (Å²) in [7, 11) is 0. The van der Waals surface area contributed by atoms with Gasteiger partial charge < -0.3 is 5.11 Å². The molecule has 0 spiro atoms. The van der Waals surface area contributed by atoms with Gasteiger partial charge in [0.2, 0.25) is 0 Å². The molecule has 122 valence electrons. The Labute approximate surface area is 132 Å². The maximum Gasteiger partial charge on any atom is 0.416 e. The first kappa shape index (κ1) is 17.1. The highest BCUT2D eigenvalue weighted by atomic mass is 19.4. The van der Waals surface area contributed by atoms with Gasteiger partial charge in [-0.3, -0.25) is 4.79 Å². The third kappa shape index (κ3) is 3.73. The molecular formula is C18H17F3O2. The normalized spacial score (nSPS) is 13.1. The SMILES string of the molecule is CC(C)C(C(=O)O)c1cc(-c2ccccc2)ccc1C(F)(F)F. The summed E-state index contributed by atoms with van der Waals surface area (Å²) in [6.45, 7) is 3.21. The standard InChI is InChI=1S/C18H17F3O2/c1-11(2)16(17(22)23)14-10-13(12-6-4-3-5-7-12)8-9-15(14)18(19,20)21/h3-11,16H,1-2H3,(H,22,23). The van der Waals surface area contributed by atoms with Crippen LogP contribution in [0.4, 0.5) is 13.2 Å². The number of carboxylic acid groups (broad SMARTS) is 1. The van der Waals surface area contributed by atoms with Crippen LogP contribution in [0, 0.1) is 5.92 Å². The molecule has 0 saturated heterocycles. The van der Waals surface area contributed by atoms with Gasteiger partial charge in [-0.15, -0.1) is 0 Å². The first-order valence-corrected chi connectivity index (χ1v) is 7.21. The Kier molecular flexibility index (Phi) is 4.78. The molecule has 0 aliphatic heterocycles. The molecular weight excluding hydrogens is 305 g/mol. The highest BCUT2D eigenvalue weighted by molar-refractivity contribution is 5.78. The van der Waals surface area contributed by atoms with E-state index in [-0.39, 0.29) is 5.56 Å². The zero-order valence-electron chi connectivity index (χ0n) is 12.8. The number of aliphatic carboxylic acids is 1. The molecule has 0 fully saturated rings. The van der Waals surface area contributed by atoms with Crippen LogP contribution in [0.1, 0.15) is 30.9 Å². The lowest BCUT2D eigenvalue weighted by atomic mass is 9.84. The molecule has 5 heteroatoms. The molecule has 0 saturated carbocycles. The Balaban J connectivity index is 2.66. The van der Waals surface area contributed by atoms with Crippen LogP contribution in [-0.4, -0.2) is 11.1 Å². The number of carbonyl (C=O) groups is 1. The van der Waals surface area contributed by atoms with Crippen molar-refractivity contribution in [1.82, 2.24) is 0 Å². The second kappa shape index (κ2) is 6.44. The van der Waals surface area contributed by atoms with Gasteiger partial charge in [0, 0.05) is 0 Å². The quantitative estimate of drug-likeness (QED) is 0.840. The van der Waals surface area contributed by atoms with E-state index in [1.54, 1.807) is 38.1 Å². The molecule has 2 aromatic carbocycles. The van der Waals surface area contributed by atoms with Gasteiger partial charge in [-0.05, 0) is 34.7 Å². The van der Waals surface area contributed by atoms with Crippen molar-refractivity contribution < 1.29 is 23.1 Å². The zero-order valence-corrected chi connectivity index (χ0v) is 12.8. The summed E-state index contributed by atoms with van der Waals surface area (Å²) >= 11 is 0. The summed E-state index contributed by atoms with van der Waals surface area (Å²) < 4.78 is 39.8. The van der Waals surface area contributed by atoms with Gasteiger partial charge in [0.1, 0.15) is 0 Å². The van der Waals surface area contributed by atoms with Crippen LogP contribution in [0.15, 0.2) is 48.5 Å². The van der Waals surface area contributed by atoms with E-state index in [9.17, 15) is 23.1 Å². The molecule has 2 rings (SSSR count). The lowest BCUT2D eigenvalue weighted by Gasteiger charge is -2.22. The predicted octanol–water partition coefficient (Wildman–Crippen LogP) is 5.20. The minimum Gasteiger partial charge on any atom is -0.481 e. The minimum atomic E-state index is -4.59. The van der Waals surface area contributed by atoms with E-state index in [0.29, 0.717) is 5.56 Å². The van der Waals surface area contributed by atoms with Gasteiger partial charge in [0.05, 0.1) is 11.5 Å². The van der Waals surface area contributed by atoms with E-state index in [4.69, 9.17) is 0 Å². The lowest BCUT2D eigenvalue weighted by Crippen LogP contribution is -2.22. The van der Waals surface area contributed by atoms with E-state index < -0.39 is 29.5 Å². The van der Waals surface area contributed by atoms with Gasteiger partial charge in [-0.1, -0.05) is 50.2 Å². The zero-order chi connectivity index (χ0) is 17.2. The van der Waals surface area contributed by atoms with E-state index in [1.807, 2.05) is 6.07 Å². The summed E-state index contributed by atoms with van der Waals surface area (Å²) in [5.74, 6) is -2.93. The molecule has 2 aromatic rings.